The molecule has 0 aliphatic rings. The number of aromatic hydroxyl groups is 1. The maximum Gasteiger partial charge on any atom is 0.347 e. The van der Waals surface area contributed by atoms with E-state index >= 15 is 0 Å². The highest BCUT2D eigenvalue weighted by molar-refractivity contribution is 6.10. The Morgan fingerprint density at radius 1 is 0.760 bits per heavy atom. The zero-order valence-electron chi connectivity index (χ0n) is 12.7. The molecule has 2 aromatic carbocycles. The molecule has 0 saturated carbocycles. The Labute approximate surface area is 139 Å². The van der Waals surface area contributed by atoms with Gasteiger partial charge in [-0.25, -0.2) is 9.59 Å². The van der Waals surface area contributed by atoms with Crippen LogP contribution in [-0.2, 0) is 0 Å². The van der Waals surface area contributed by atoms with Gasteiger partial charge in [-0.2, -0.15) is 0 Å². The number of rotatable bonds is 2. The molecule has 0 saturated heterocycles. The standard InChI is InChI=1S/C19H10O6/c20-12-6-5-11-8-14(19(23)25-16(11)9-12)17(21)13-7-10-3-1-2-4-15(10)24-18(13)22/h1-9,20H. The molecule has 0 bridgehead atoms. The summed E-state index contributed by atoms with van der Waals surface area (Å²) in [5.41, 5.74) is -1.74. The molecule has 4 aromatic rings. The number of para-hydroxylation sites is 1. The van der Waals surface area contributed by atoms with Crippen LogP contribution in [0.2, 0.25) is 0 Å². The first kappa shape index (κ1) is 14.9. The van der Waals surface area contributed by atoms with E-state index in [1.165, 1.54) is 30.3 Å². The van der Waals surface area contributed by atoms with Crippen LogP contribution in [0.3, 0.4) is 0 Å². The Hall–Kier alpha value is -3.67. The largest absolute Gasteiger partial charge is 0.508 e. The van der Waals surface area contributed by atoms with Gasteiger partial charge in [-0.05, 0) is 30.3 Å². The fraction of sp³-hybridized carbons (Fsp3) is 0. The number of phenolic OH excluding ortho intramolecular Hbond substituents is 1. The van der Waals surface area contributed by atoms with Gasteiger partial charge >= 0.3 is 11.3 Å². The molecule has 0 unspecified atom stereocenters. The second-order valence-electron chi connectivity index (χ2n) is 5.48. The summed E-state index contributed by atoms with van der Waals surface area (Å²) in [6.07, 6.45) is 0. The molecule has 4 rings (SSSR count). The molecular weight excluding hydrogens is 324 g/mol. The van der Waals surface area contributed by atoms with Gasteiger partial charge in [-0.3, -0.25) is 4.79 Å². The van der Waals surface area contributed by atoms with Crippen LogP contribution in [0.4, 0.5) is 0 Å². The zero-order chi connectivity index (χ0) is 17.6. The minimum atomic E-state index is -0.893. The fourth-order valence-electron chi connectivity index (χ4n) is 2.62. The third-order valence-electron chi connectivity index (χ3n) is 3.85. The topological polar surface area (TPSA) is 97.7 Å². The Bertz CT molecular complexity index is 1260. The number of ketones is 1. The molecule has 6 heteroatoms. The van der Waals surface area contributed by atoms with Crippen LogP contribution in [0, 0.1) is 0 Å². The Balaban J connectivity index is 1.91. The van der Waals surface area contributed by atoms with Crippen molar-refractivity contribution in [2.45, 2.75) is 0 Å². The maximum absolute atomic E-state index is 12.7. The average Bonchev–Trinajstić information content (AvgIpc) is 2.60. The summed E-state index contributed by atoms with van der Waals surface area (Å²) in [5, 5.41) is 10.5. The van der Waals surface area contributed by atoms with Crippen molar-refractivity contribution in [3.05, 3.63) is 86.6 Å². The van der Waals surface area contributed by atoms with E-state index in [0.29, 0.717) is 16.4 Å². The normalized spacial score (nSPS) is 11.0. The Morgan fingerprint density at radius 2 is 1.36 bits per heavy atom. The molecule has 122 valence electrons. The van der Waals surface area contributed by atoms with Gasteiger partial charge in [0, 0.05) is 16.8 Å². The van der Waals surface area contributed by atoms with Crippen LogP contribution >= 0.6 is 0 Å². The predicted molar refractivity (Wildman–Crippen MR) is 90.1 cm³/mol. The molecule has 0 aliphatic carbocycles. The summed E-state index contributed by atoms with van der Waals surface area (Å²) in [6.45, 7) is 0. The van der Waals surface area contributed by atoms with Gasteiger partial charge in [0.1, 0.15) is 28.0 Å². The van der Waals surface area contributed by atoms with Crippen molar-refractivity contribution in [3.8, 4) is 5.75 Å². The third kappa shape index (κ3) is 2.49. The molecule has 0 radical (unpaired) electrons. The monoisotopic (exact) mass is 334 g/mol. The third-order valence-corrected chi connectivity index (χ3v) is 3.85. The van der Waals surface area contributed by atoms with Crippen molar-refractivity contribution in [3.63, 3.8) is 0 Å². The van der Waals surface area contributed by atoms with Crippen LogP contribution in [0.15, 0.2) is 73.0 Å². The molecule has 0 amide bonds. The minimum absolute atomic E-state index is 0.0649. The highest BCUT2D eigenvalue weighted by Gasteiger charge is 2.20. The highest BCUT2D eigenvalue weighted by atomic mass is 16.4. The molecule has 0 spiro atoms. The summed E-state index contributed by atoms with van der Waals surface area (Å²) < 4.78 is 10.2. The van der Waals surface area contributed by atoms with E-state index in [1.807, 2.05) is 0 Å². The van der Waals surface area contributed by atoms with E-state index in [-0.39, 0.29) is 22.5 Å². The van der Waals surface area contributed by atoms with Crippen molar-refractivity contribution in [1.29, 1.82) is 0 Å². The second kappa shape index (κ2) is 5.45. The number of hydrogen-bond acceptors (Lipinski definition) is 6. The average molecular weight is 334 g/mol. The summed E-state index contributed by atoms with van der Waals surface area (Å²) >= 11 is 0. The van der Waals surface area contributed by atoms with Gasteiger partial charge in [0.2, 0.25) is 5.78 Å². The summed E-state index contributed by atoms with van der Waals surface area (Å²) in [4.78, 5) is 36.9. The molecule has 2 aromatic heterocycles. The molecule has 0 aliphatic heterocycles. The Morgan fingerprint density at radius 3 is 2.08 bits per heavy atom. The van der Waals surface area contributed by atoms with E-state index in [4.69, 9.17) is 8.83 Å². The van der Waals surface area contributed by atoms with Gasteiger partial charge in [-0.1, -0.05) is 18.2 Å². The van der Waals surface area contributed by atoms with Crippen molar-refractivity contribution < 1.29 is 18.7 Å². The van der Waals surface area contributed by atoms with Crippen molar-refractivity contribution >= 4 is 27.7 Å². The highest BCUT2D eigenvalue weighted by Crippen LogP contribution is 2.20. The number of phenols is 1. The molecule has 2 heterocycles. The molecule has 6 nitrogen and oxygen atoms in total. The van der Waals surface area contributed by atoms with E-state index in [0.717, 1.165) is 0 Å². The fourth-order valence-corrected chi connectivity index (χ4v) is 2.62. The molecular formula is C19H10O6. The first-order chi connectivity index (χ1) is 12.0. The molecule has 25 heavy (non-hydrogen) atoms. The van der Waals surface area contributed by atoms with E-state index in [1.54, 1.807) is 24.3 Å². The lowest BCUT2D eigenvalue weighted by molar-refractivity contribution is 0.103. The van der Waals surface area contributed by atoms with E-state index in [9.17, 15) is 19.5 Å². The van der Waals surface area contributed by atoms with Crippen molar-refractivity contribution in [2.24, 2.45) is 0 Å². The molecule has 1 N–H and O–H groups in total. The number of hydrogen-bond donors (Lipinski definition) is 1. The van der Waals surface area contributed by atoms with Crippen molar-refractivity contribution in [1.82, 2.24) is 0 Å². The maximum atomic E-state index is 12.7. The quantitative estimate of drug-likeness (QED) is 0.447. The van der Waals surface area contributed by atoms with E-state index < -0.39 is 17.0 Å². The van der Waals surface area contributed by atoms with Gasteiger partial charge < -0.3 is 13.9 Å². The SMILES string of the molecule is O=C(c1cc2ccccc2oc1=O)c1cc2ccc(O)cc2oc1=O. The van der Waals surface area contributed by atoms with Crippen molar-refractivity contribution in [2.75, 3.05) is 0 Å². The van der Waals surface area contributed by atoms with Crippen LogP contribution in [0.5, 0.6) is 5.75 Å². The van der Waals surface area contributed by atoms with Gasteiger partial charge in [0.15, 0.2) is 0 Å². The second-order valence-corrected chi connectivity index (χ2v) is 5.48. The van der Waals surface area contributed by atoms with Gasteiger partial charge in [0.05, 0.1) is 0 Å². The smallest absolute Gasteiger partial charge is 0.347 e. The lowest BCUT2D eigenvalue weighted by atomic mass is 10.0. The lowest BCUT2D eigenvalue weighted by Gasteiger charge is -2.03. The van der Waals surface area contributed by atoms with Gasteiger partial charge in [0.25, 0.3) is 0 Å². The lowest BCUT2D eigenvalue weighted by Crippen LogP contribution is -2.20. The summed E-state index contributed by atoms with van der Waals surface area (Å²) in [7, 11) is 0. The van der Waals surface area contributed by atoms with Crippen LogP contribution < -0.4 is 11.3 Å². The summed E-state index contributed by atoms with van der Waals surface area (Å²) in [5.74, 6) is -0.840. The first-order valence-corrected chi connectivity index (χ1v) is 7.37. The molecule has 0 atom stereocenters. The summed E-state index contributed by atoms with van der Waals surface area (Å²) in [6, 6.07) is 13.7. The Kier molecular flexibility index (Phi) is 3.25. The first-order valence-electron chi connectivity index (χ1n) is 7.37. The molecule has 0 fully saturated rings. The minimum Gasteiger partial charge on any atom is -0.508 e. The number of fused-ring (bicyclic) bond motifs is 2. The predicted octanol–water partition coefficient (Wildman–Crippen LogP) is 2.84. The van der Waals surface area contributed by atoms with Crippen LogP contribution in [0.25, 0.3) is 21.9 Å². The van der Waals surface area contributed by atoms with E-state index in [2.05, 4.69) is 0 Å². The number of carbonyl (C=O) groups excluding carboxylic acids is 1. The van der Waals surface area contributed by atoms with Crippen LogP contribution in [-0.4, -0.2) is 10.9 Å². The number of carbonyl (C=O) groups is 1. The van der Waals surface area contributed by atoms with Gasteiger partial charge in [-0.15, -0.1) is 0 Å². The zero-order valence-corrected chi connectivity index (χ0v) is 12.7. The van der Waals surface area contributed by atoms with Crippen LogP contribution in [0.1, 0.15) is 15.9 Å². The number of benzene rings is 2.